The third-order valence-corrected chi connectivity index (χ3v) is 6.43. The zero-order valence-electron chi connectivity index (χ0n) is 19.0. The molecule has 5 rings (SSSR count). The van der Waals surface area contributed by atoms with Crippen molar-refractivity contribution in [3.63, 3.8) is 0 Å². The molecule has 3 aromatic rings. The molecule has 2 saturated heterocycles. The molecule has 2 heterocycles. The lowest BCUT2D eigenvalue weighted by molar-refractivity contribution is -0.198. The van der Waals surface area contributed by atoms with E-state index in [1.807, 2.05) is 68.4 Å². The largest absolute Gasteiger partial charge is 0.394 e. The van der Waals surface area contributed by atoms with Gasteiger partial charge in [0.1, 0.15) is 30.0 Å². The van der Waals surface area contributed by atoms with Gasteiger partial charge in [-0.2, -0.15) is 0 Å². The predicted octanol–water partition coefficient (Wildman–Crippen LogP) is 4.27. The molecule has 5 nitrogen and oxygen atoms in total. The average Bonchev–Trinajstić information content (AvgIpc) is 3.34. The van der Waals surface area contributed by atoms with Crippen LogP contribution in [0, 0.1) is 0 Å². The molecule has 0 spiro atoms. The van der Waals surface area contributed by atoms with Crippen LogP contribution in [-0.4, -0.2) is 48.5 Å². The molecule has 3 aromatic carbocycles. The van der Waals surface area contributed by atoms with Crippen molar-refractivity contribution in [1.82, 2.24) is 0 Å². The van der Waals surface area contributed by atoms with Gasteiger partial charge >= 0.3 is 0 Å². The molecule has 0 aliphatic carbocycles. The quantitative estimate of drug-likeness (QED) is 0.549. The Morgan fingerprint density at radius 3 is 1.58 bits per heavy atom. The lowest BCUT2D eigenvalue weighted by Gasteiger charge is -2.37. The monoisotopic (exact) mass is 446 g/mol. The van der Waals surface area contributed by atoms with Gasteiger partial charge in [-0.15, -0.1) is 0 Å². The fourth-order valence-corrected chi connectivity index (χ4v) is 5.03. The molecular formula is C28H30O5. The maximum atomic E-state index is 9.86. The van der Waals surface area contributed by atoms with Gasteiger partial charge < -0.3 is 24.1 Å². The van der Waals surface area contributed by atoms with Gasteiger partial charge in [-0.3, -0.25) is 0 Å². The van der Waals surface area contributed by atoms with Crippen molar-refractivity contribution in [3.8, 4) is 0 Å². The van der Waals surface area contributed by atoms with Crippen LogP contribution in [0.15, 0.2) is 91.0 Å². The molecule has 1 N–H and O–H groups in total. The van der Waals surface area contributed by atoms with Crippen molar-refractivity contribution in [2.75, 3.05) is 13.2 Å². The van der Waals surface area contributed by atoms with E-state index in [0.717, 1.165) is 16.7 Å². The minimum absolute atomic E-state index is 0.127. The number of ether oxygens (including phenoxy) is 4. The lowest BCUT2D eigenvalue weighted by atomic mass is 9.80. The minimum atomic E-state index is -0.838. The van der Waals surface area contributed by atoms with Crippen LogP contribution in [0.25, 0.3) is 0 Å². The molecule has 2 aliphatic heterocycles. The predicted molar refractivity (Wildman–Crippen MR) is 125 cm³/mol. The highest BCUT2D eigenvalue weighted by Crippen LogP contribution is 2.43. The Kier molecular flexibility index (Phi) is 6.08. The van der Waals surface area contributed by atoms with E-state index in [1.54, 1.807) is 0 Å². The fourth-order valence-electron chi connectivity index (χ4n) is 5.03. The molecule has 0 amide bonds. The van der Waals surface area contributed by atoms with Gasteiger partial charge in [-0.05, 0) is 30.5 Å². The topological polar surface area (TPSA) is 57.2 Å². The van der Waals surface area contributed by atoms with Gasteiger partial charge in [0.05, 0.1) is 13.2 Å². The summed E-state index contributed by atoms with van der Waals surface area (Å²) in [7, 11) is 0. The first-order valence-electron chi connectivity index (χ1n) is 11.5. The normalized spacial score (nSPS) is 26.3. The first-order chi connectivity index (χ1) is 16.0. The minimum Gasteiger partial charge on any atom is -0.394 e. The number of rotatable bonds is 7. The van der Waals surface area contributed by atoms with Crippen molar-refractivity contribution < 1.29 is 24.1 Å². The summed E-state index contributed by atoms with van der Waals surface area (Å²) in [5.41, 5.74) is 2.24. The number of benzene rings is 3. The molecule has 172 valence electrons. The summed E-state index contributed by atoms with van der Waals surface area (Å²) in [5.74, 6) is -0.722. The Balaban J connectivity index is 1.55. The first-order valence-corrected chi connectivity index (χ1v) is 11.5. The van der Waals surface area contributed by atoms with Gasteiger partial charge in [0.2, 0.25) is 0 Å². The van der Waals surface area contributed by atoms with E-state index in [4.69, 9.17) is 18.9 Å². The van der Waals surface area contributed by atoms with Crippen molar-refractivity contribution in [2.45, 2.75) is 49.7 Å². The molecule has 2 fully saturated rings. The van der Waals surface area contributed by atoms with Gasteiger partial charge in [-0.25, -0.2) is 0 Å². The van der Waals surface area contributed by atoms with E-state index in [1.165, 1.54) is 0 Å². The van der Waals surface area contributed by atoms with Gasteiger partial charge in [0.15, 0.2) is 5.79 Å². The zero-order valence-corrected chi connectivity index (χ0v) is 19.0. The Morgan fingerprint density at radius 2 is 1.15 bits per heavy atom. The number of fused-ring (bicyclic) bond motifs is 1. The molecule has 0 radical (unpaired) electrons. The third kappa shape index (κ3) is 4.12. The van der Waals surface area contributed by atoms with Crippen LogP contribution in [-0.2, 0) is 24.5 Å². The smallest absolute Gasteiger partial charge is 0.164 e. The van der Waals surface area contributed by atoms with E-state index >= 15 is 0 Å². The molecule has 5 heteroatoms. The van der Waals surface area contributed by atoms with Crippen molar-refractivity contribution >= 4 is 0 Å². The highest BCUT2D eigenvalue weighted by molar-refractivity contribution is 5.47. The summed E-state index contributed by atoms with van der Waals surface area (Å²) < 4.78 is 25.2. The number of aliphatic hydroxyl groups is 1. The molecular weight excluding hydrogens is 416 g/mol. The van der Waals surface area contributed by atoms with E-state index in [2.05, 4.69) is 36.4 Å². The molecule has 33 heavy (non-hydrogen) atoms. The maximum Gasteiger partial charge on any atom is 0.164 e. The Hall–Kier alpha value is -2.54. The zero-order chi connectivity index (χ0) is 22.9. The maximum absolute atomic E-state index is 9.86. The molecule has 4 atom stereocenters. The van der Waals surface area contributed by atoms with Crippen LogP contribution in [0.5, 0.6) is 0 Å². The summed E-state index contributed by atoms with van der Waals surface area (Å²) in [6.45, 7) is 3.92. The van der Waals surface area contributed by atoms with Gasteiger partial charge in [0, 0.05) is 0 Å². The van der Waals surface area contributed by atoms with Gasteiger partial charge in [0.25, 0.3) is 0 Å². The molecule has 0 unspecified atom stereocenters. The van der Waals surface area contributed by atoms with Crippen molar-refractivity contribution in [3.05, 3.63) is 108 Å². The Morgan fingerprint density at radius 1 is 0.727 bits per heavy atom. The lowest BCUT2D eigenvalue weighted by Crippen LogP contribution is -2.39. The summed E-state index contributed by atoms with van der Waals surface area (Å²) in [6.07, 6.45) is -1.44. The molecule has 0 aromatic heterocycles. The van der Waals surface area contributed by atoms with Crippen LogP contribution in [0.1, 0.15) is 30.5 Å². The Bertz CT molecular complexity index is 941. The van der Waals surface area contributed by atoms with Gasteiger partial charge in [-0.1, -0.05) is 91.0 Å². The highest BCUT2D eigenvalue weighted by Gasteiger charge is 2.55. The van der Waals surface area contributed by atoms with Crippen LogP contribution in [0.3, 0.4) is 0 Å². The Labute approximate surface area is 194 Å². The summed E-state index contributed by atoms with van der Waals surface area (Å²) in [6, 6.07) is 30.7. The van der Waals surface area contributed by atoms with E-state index in [0.29, 0.717) is 0 Å². The van der Waals surface area contributed by atoms with E-state index in [-0.39, 0.29) is 31.5 Å². The fraction of sp³-hybridized carbons (Fsp3) is 0.357. The van der Waals surface area contributed by atoms with Crippen molar-refractivity contribution in [1.29, 1.82) is 0 Å². The van der Waals surface area contributed by atoms with Crippen LogP contribution < -0.4 is 0 Å². The standard InChI is InChI=1S/C28H30O5/c1-27(2)32-25-23(18-29)31-24(26(25)33-27)19-30-28(20-12-6-3-7-13-20,21-14-8-4-9-15-21)22-16-10-5-11-17-22/h3-17,23-26,29H,18-19H2,1-2H3/t23-,24-,25+,26-/m1/s1. The first kappa shape index (κ1) is 22.3. The number of aliphatic hydroxyl groups excluding tert-OH is 1. The highest BCUT2D eigenvalue weighted by atomic mass is 16.8. The second kappa shape index (κ2) is 9.01. The average molecular weight is 447 g/mol. The molecule has 2 aliphatic rings. The number of hydrogen-bond donors (Lipinski definition) is 1. The van der Waals surface area contributed by atoms with Crippen LogP contribution in [0.2, 0.25) is 0 Å². The van der Waals surface area contributed by atoms with Crippen LogP contribution in [0.4, 0.5) is 0 Å². The van der Waals surface area contributed by atoms with Crippen LogP contribution >= 0.6 is 0 Å². The second-order valence-corrected chi connectivity index (χ2v) is 9.05. The molecule has 0 bridgehead atoms. The van der Waals surface area contributed by atoms with E-state index in [9.17, 15) is 5.11 Å². The van der Waals surface area contributed by atoms with Crippen molar-refractivity contribution in [2.24, 2.45) is 0 Å². The summed E-state index contributed by atoms with van der Waals surface area (Å²) >= 11 is 0. The summed E-state index contributed by atoms with van der Waals surface area (Å²) in [4.78, 5) is 0. The second-order valence-electron chi connectivity index (χ2n) is 9.05. The SMILES string of the molecule is CC1(C)O[C@@H]2[C@H](O1)[C@@H](COC(c1ccccc1)(c1ccccc1)c1ccccc1)O[C@@H]2CO. The third-order valence-electron chi connectivity index (χ3n) is 6.43. The summed E-state index contributed by atoms with van der Waals surface area (Å²) in [5, 5.41) is 9.86. The molecule has 0 saturated carbocycles. The number of hydrogen-bond acceptors (Lipinski definition) is 5. The van der Waals surface area contributed by atoms with E-state index < -0.39 is 17.5 Å².